The standard InChI is InChI=1S/C15H22N2O2/c1-9-4-5-17(8-11(9)3)12-6-10(2)14(16)13(7-12)15(18)19/h6-7,9,11H,4-5,8,16H2,1-3H3,(H,18,19). The highest BCUT2D eigenvalue weighted by Crippen LogP contribution is 2.30. The van der Waals surface area contributed by atoms with Gasteiger partial charge < -0.3 is 15.7 Å². The zero-order chi connectivity index (χ0) is 14.2. The third-order valence-corrected chi connectivity index (χ3v) is 4.30. The quantitative estimate of drug-likeness (QED) is 0.804. The number of rotatable bonds is 2. The summed E-state index contributed by atoms with van der Waals surface area (Å²) in [6, 6.07) is 3.69. The number of aromatic carboxylic acids is 1. The van der Waals surface area contributed by atoms with Gasteiger partial charge in [0.05, 0.1) is 5.56 Å². The molecule has 1 aliphatic heterocycles. The lowest BCUT2D eigenvalue weighted by molar-refractivity contribution is 0.0698. The molecule has 1 aromatic carbocycles. The van der Waals surface area contributed by atoms with Gasteiger partial charge in [0.1, 0.15) is 0 Å². The summed E-state index contributed by atoms with van der Waals surface area (Å²) in [5.74, 6) is 0.394. The molecular weight excluding hydrogens is 240 g/mol. The first-order chi connectivity index (χ1) is 8.90. The van der Waals surface area contributed by atoms with Crippen molar-refractivity contribution in [2.75, 3.05) is 23.7 Å². The first kappa shape index (κ1) is 13.7. The number of nitrogens with zero attached hydrogens (tertiary/aromatic N) is 1. The largest absolute Gasteiger partial charge is 0.478 e. The second-order valence-electron chi connectivity index (χ2n) is 5.72. The molecule has 0 spiro atoms. The van der Waals surface area contributed by atoms with E-state index in [0.717, 1.165) is 36.7 Å². The van der Waals surface area contributed by atoms with Gasteiger partial charge in [-0.15, -0.1) is 0 Å². The lowest BCUT2D eigenvalue weighted by atomic mass is 9.88. The number of piperidine rings is 1. The molecule has 1 fully saturated rings. The number of hydrogen-bond acceptors (Lipinski definition) is 3. The number of benzene rings is 1. The predicted octanol–water partition coefficient (Wildman–Crippen LogP) is 2.76. The Hall–Kier alpha value is -1.71. The van der Waals surface area contributed by atoms with Crippen molar-refractivity contribution in [2.24, 2.45) is 11.8 Å². The zero-order valence-corrected chi connectivity index (χ0v) is 11.8. The fourth-order valence-corrected chi connectivity index (χ4v) is 2.64. The monoisotopic (exact) mass is 262 g/mol. The Labute approximate surface area is 114 Å². The van der Waals surface area contributed by atoms with Crippen LogP contribution < -0.4 is 10.6 Å². The lowest BCUT2D eigenvalue weighted by Gasteiger charge is -2.37. The van der Waals surface area contributed by atoms with Crippen LogP contribution in [0.3, 0.4) is 0 Å². The van der Waals surface area contributed by atoms with Gasteiger partial charge in [-0.05, 0) is 42.9 Å². The van der Waals surface area contributed by atoms with Crippen molar-refractivity contribution in [3.8, 4) is 0 Å². The molecule has 1 saturated heterocycles. The van der Waals surface area contributed by atoms with Gasteiger partial charge in [0.25, 0.3) is 0 Å². The molecule has 0 aliphatic carbocycles. The minimum atomic E-state index is -0.958. The Morgan fingerprint density at radius 2 is 2.05 bits per heavy atom. The molecule has 104 valence electrons. The van der Waals surface area contributed by atoms with E-state index < -0.39 is 5.97 Å². The van der Waals surface area contributed by atoms with Crippen molar-refractivity contribution in [3.63, 3.8) is 0 Å². The summed E-state index contributed by atoms with van der Waals surface area (Å²) in [6.45, 7) is 8.34. The van der Waals surface area contributed by atoms with Gasteiger partial charge in [0.2, 0.25) is 0 Å². The van der Waals surface area contributed by atoms with Crippen molar-refractivity contribution in [2.45, 2.75) is 27.2 Å². The Balaban J connectivity index is 2.33. The van der Waals surface area contributed by atoms with Crippen LogP contribution in [0.2, 0.25) is 0 Å². The molecule has 0 amide bonds. The summed E-state index contributed by atoms with van der Waals surface area (Å²) >= 11 is 0. The normalized spacial score (nSPS) is 23.4. The third kappa shape index (κ3) is 2.67. The van der Waals surface area contributed by atoms with Crippen LogP contribution in [0.25, 0.3) is 0 Å². The van der Waals surface area contributed by atoms with Crippen molar-refractivity contribution < 1.29 is 9.90 Å². The van der Waals surface area contributed by atoms with E-state index in [4.69, 9.17) is 5.73 Å². The van der Waals surface area contributed by atoms with E-state index in [-0.39, 0.29) is 5.56 Å². The minimum Gasteiger partial charge on any atom is -0.478 e. The highest BCUT2D eigenvalue weighted by molar-refractivity contribution is 5.95. The van der Waals surface area contributed by atoms with E-state index in [0.29, 0.717) is 11.6 Å². The molecule has 2 unspecified atom stereocenters. The summed E-state index contributed by atoms with van der Waals surface area (Å²) < 4.78 is 0. The van der Waals surface area contributed by atoms with Crippen LogP contribution in [0.5, 0.6) is 0 Å². The number of hydrogen-bond donors (Lipinski definition) is 2. The summed E-state index contributed by atoms with van der Waals surface area (Å²) in [5, 5.41) is 9.21. The molecule has 1 aromatic rings. The van der Waals surface area contributed by atoms with E-state index in [1.165, 1.54) is 0 Å². The van der Waals surface area contributed by atoms with E-state index in [1.54, 1.807) is 6.07 Å². The number of carbonyl (C=O) groups is 1. The summed E-state index contributed by atoms with van der Waals surface area (Å²) in [6.07, 6.45) is 1.15. The highest BCUT2D eigenvalue weighted by Gasteiger charge is 2.24. The van der Waals surface area contributed by atoms with Crippen LogP contribution in [0.4, 0.5) is 11.4 Å². The van der Waals surface area contributed by atoms with Crippen molar-refractivity contribution >= 4 is 17.3 Å². The Bertz CT molecular complexity index is 499. The summed E-state index contributed by atoms with van der Waals surface area (Å²) in [4.78, 5) is 13.5. The molecule has 19 heavy (non-hydrogen) atoms. The Kier molecular flexibility index (Phi) is 3.69. The van der Waals surface area contributed by atoms with Crippen LogP contribution in [-0.4, -0.2) is 24.2 Å². The minimum absolute atomic E-state index is 0.210. The average molecular weight is 262 g/mol. The third-order valence-electron chi connectivity index (χ3n) is 4.30. The second-order valence-corrected chi connectivity index (χ2v) is 5.72. The van der Waals surface area contributed by atoms with Crippen LogP contribution >= 0.6 is 0 Å². The van der Waals surface area contributed by atoms with Crippen LogP contribution in [0.15, 0.2) is 12.1 Å². The van der Waals surface area contributed by atoms with Crippen LogP contribution in [0, 0.1) is 18.8 Å². The maximum atomic E-state index is 11.2. The Morgan fingerprint density at radius 3 is 2.63 bits per heavy atom. The van der Waals surface area contributed by atoms with Gasteiger partial charge in [-0.2, -0.15) is 0 Å². The van der Waals surface area contributed by atoms with Crippen molar-refractivity contribution in [1.82, 2.24) is 0 Å². The molecule has 1 aliphatic rings. The van der Waals surface area contributed by atoms with Gasteiger partial charge in [-0.3, -0.25) is 0 Å². The topological polar surface area (TPSA) is 66.6 Å². The molecule has 0 radical (unpaired) electrons. The number of carboxylic acids is 1. The fourth-order valence-electron chi connectivity index (χ4n) is 2.64. The molecule has 0 bridgehead atoms. The van der Waals surface area contributed by atoms with Crippen LogP contribution in [-0.2, 0) is 0 Å². The van der Waals surface area contributed by atoms with Crippen molar-refractivity contribution in [3.05, 3.63) is 23.3 Å². The average Bonchev–Trinajstić information content (AvgIpc) is 2.35. The predicted molar refractivity (Wildman–Crippen MR) is 77.7 cm³/mol. The van der Waals surface area contributed by atoms with Gasteiger partial charge >= 0.3 is 5.97 Å². The maximum Gasteiger partial charge on any atom is 0.337 e. The zero-order valence-electron chi connectivity index (χ0n) is 11.8. The first-order valence-corrected chi connectivity index (χ1v) is 6.78. The van der Waals surface area contributed by atoms with Gasteiger partial charge in [-0.1, -0.05) is 13.8 Å². The summed E-state index contributed by atoms with van der Waals surface area (Å²) in [7, 11) is 0. The summed E-state index contributed by atoms with van der Waals surface area (Å²) in [5.41, 5.74) is 8.22. The molecule has 3 N–H and O–H groups in total. The molecule has 2 atom stereocenters. The molecule has 0 saturated carbocycles. The number of nitrogens with two attached hydrogens (primary N) is 1. The molecule has 1 heterocycles. The molecule has 2 rings (SSSR count). The van der Waals surface area contributed by atoms with Crippen molar-refractivity contribution in [1.29, 1.82) is 0 Å². The van der Waals surface area contributed by atoms with Gasteiger partial charge in [0, 0.05) is 24.5 Å². The SMILES string of the molecule is Cc1cc(N2CCC(C)C(C)C2)cc(C(=O)O)c1N. The molecule has 4 nitrogen and oxygen atoms in total. The highest BCUT2D eigenvalue weighted by atomic mass is 16.4. The lowest BCUT2D eigenvalue weighted by Crippen LogP contribution is -2.38. The van der Waals surface area contributed by atoms with E-state index in [9.17, 15) is 9.90 Å². The fraction of sp³-hybridized carbons (Fsp3) is 0.533. The number of nitrogen functional groups attached to an aromatic ring is 1. The Morgan fingerprint density at radius 1 is 1.37 bits per heavy atom. The van der Waals surface area contributed by atoms with E-state index in [1.807, 2.05) is 13.0 Å². The maximum absolute atomic E-state index is 11.2. The molecular formula is C15H22N2O2. The number of aryl methyl sites for hydroxylation is 1. The second kappa shape index (κ2) is 5.11. The molecule has 4 heteroatoms. The van der Waals surface area contributed by atoms with Gasteiger partial charge in [0.15, 0.2) is 0 Å². The molecule has 0 aromatic heterocycles. The first-order valence-electron chi connectivity index (χ1n) is 6.78. The van der Waals surface area contributed by atoms with E-state index in [2.05, 4.69) is 18.7 Å². The smallest absolute Gasteiger partial charge is 0.337 e. The number of carboxylic acid groups (broad SMARTS) is 1. The number of anilines is 2. The van der Waals surface area contributed by atoms with E-state index >= 15 is 0 Å². The van der Waals surface area contributed by atoms with Crippen LogP contribution in [0.1, 0.15) is 36.2 Å². The van der Waals surface area contributed by atoms with Gasteiger partial charge in [-0.25, -0.2) is 4.79 Å².